The zero-order valence-electron chi connectivity index (χ0n) is 16.7. The van der Waals surface area contributed by atoms with Gasteiger partial charge in [-0.25, -0.2) is 4.79 Å². The van der Waals surface area contributed by atoms with Crippen molar-refractivity contribution in [2.24, 2.45) is 11.5 Å². The third-order valence-corrected chi connectivity index (χ3v) is 4.83. The molecule has 2 rings (SSSR count). The molecule has 26 heavy (non-hydrogen) atoms. The lowest BCUT2D eigenvalue weighted by Crippen LogP contribution is -2.54. The highest BCUT2D eigenvalue weighted by atomic mass is 16.6. The molecule has 0 aliphatic carbocycles. The Balaban J connectivity index is 1.77. The molecule has 1 amide bonds. The first kappa shape index (κ1) is 20.4. The van der Waals surface area contributed by atoms with Crippen LogP contribution in [0.25, 0.3) is 0 Å². The fourth-order valence-corrected chi connectivity index (χ4v) is 3.41. The summed E-state index contributed by atoms with van der Waals surface area (Å²) >= 11 is 0. The molecule has 0 atom stereocenters. The number of carbonyl (C=O) groups is 1. The summed E-state index contributed by atoms with van der Waals surface area (Å²) < 4.78 is 5.47. The number of carbonyl (C=O) groups excluding carboxylic acids is 1. The SMILES string of the molecule is C/C(N)=C/C=C(\N)N1CCN(C2CCN(C(=O)OC(C)(C)C)CC2)CC1. The van der Waals surface area contributed by atoms with Crippen molar-refractivity contribution in [2.75, 3.05) is 39.3 Å². The van der Waals surface area contributed by atoms with Crippen molar-refractivity contribution < 1.29 is 9.53 Å². The van der Waals surface area contributed by atoms with Crippen molar-refractivity contribution in [3.8, 4) is 0 Å². The summed E-state index contributed by atoms with van der Waals surface area (Å²) in [5.41, 5.74) is 12.1. The molecule has 0 saturated carbocycles. The molecule has 2 aliphatic rings. The Kier molecular flexibility index (Phi) is 6.81. The van der Waals surface area contributed by atoms with Gasteiger partial charge in [0.15, 0.2) is 0 Å². The Bertz CT molecular complexity index is 533. The maximum Gasteiger partial charge on any atom is 0.410 e. The third kappa shape index (κ3) is 6.12. The molecule has 0 aromatic heterocycles. The van der Waals surface area contributed by atoms with Gasteiger partial charge in [-0.1, -0.05) is 0 Å². The number of ether oxygens (including phenoxy) is 1. The topological polar surface area (TPSA) is 88.1 Å². The molecule has 0 radical (unpaired) electrons. The highest BCUT2D eigenvalue weighted by Crippen LogP contribution is 2.21. The van der Waals surface area contributed by atoms with Crippen molar-refractivity contribution in [2.45, 2.75) is 52.2 Å². The lowest BCUT2D eigenvalue weighted by atomic mass is 10.0. The lowest BCUT2D eigenvalue weighted by Gasteiger charge is -2.43. The van der Waals surface area contributed by atoms with E-state index >= 15 is 0 Å². The maximum absolute atomic E-state index is 12.2. The van der Waals surface area contributed by atoms with Crippen molar-refractivity contribution in [3.63, 3.8) is 0 Å². The van der Waals surface area contributed by atoms with E-state index in [1.54, 1.807) is 0 Å². The van der Waals surface area contributed by atoms with Crippen LogP contribution in [0.1, 0.15) is 40.5 Å². The Labute approximate surface area is 157 Å². The van der Waals surface area contributed by atoms with Gasteiger partial charge in [0, 0.05) is 51.0 Å². The minimum Gasteiger partial charge on any atom is -0.444 e. The Hall–Kier alpha value is -1.89. The maximum atomic E-state index is 12.2. The van der Waals surface area contributed by atoms with Gasteiger partial charge in [0.1, 0.15) is 5.60 Å². The number of piperidine rings is 1. The second kappa shape index (κ2) is 8.66. The van der Waals surface area contributed by atoms with Gasteiger partial charge in [-0.2, -0.15) is 0 Å². The Morgan fingerprint density at radius 2 is 1.54 bits per heavy atom. The summed E-state index contributed by atoms with van der Waals surface area (Å²) in [4.78, 5) is 18.7. The molecule has 2 fully saturated rings. The Morgan fingerprint density at radius 3 is 2.04 bits per heavy atom. The summed E-state index contributed by atoms with van der Waals surface area (Å²) in [6.45, 7) is 12.9. The number of amides is 1. The van der Waals surface area contributed by atoms with E-state index in [0.29, 0.717) is 6.04 Å². The second-order valence-electron chi connectivity index (χ2n) is 8.22. The van der Waals surface area contributed by atoms with Gasteiger partial charge >= 0.3 is 6.09 Å². The van der Waals surface area contributed by atoms with Gasteiger partial charge in [-0.3, -0.25) is 4.90 Å². The standard InChI is InChI=1S/C19H35N5O2/c1-15(20)5-6-17(21)23-13-11-22(12-14-23)16-7-9-24(10-8-16)18(25)26-19(2,3)4/h5-6,16H,7-14,20-21H2,1-4H3/b15-5-,17-6+. The number of hydrogen-bond acceptors (Lipinski definition) is 6. The highest BCUT2D eigenvalue weighted by molar-refractivity contribution is 5.68. The van der Waals surface area contributed by atoms with Crippen molar-refractivity contribution in [1.82, 2.24) is 14.7 Å². The van der Waals surface area contributed by atoms with Gasteiger partial charge in [0.25, 0.3) is 0 Å². The normalized spacial score (nSPS) is 21.8. The molecular formula is C19H35N5O2. The van der Waals surface area contributed by atoms with Crippen LogP contribution in [0.4, 0.5) is 4.79 Å². The van der Waals surface area contributed by atoms with Crippen LogP contribution < -0.4 is 11.5 Å². The van der Waals surface area contributed by atoms with E-state index in [-0.39, 0.29) is 6.09 Å². The number of allylic oxidation sites excluding steroid dienone is 3. The molecular weight excluding hydrogens is 330 g/mol. The molecule has 2 heterocycles. The fourth-order valence-electron chi connectivity index (χ4n) is 3.41. The van der Waals surface area contributed by atoms with Gasteiger partial charge in [0.2, 0.25) is 0 Å². The fraction of sp³-hybridized carbons (Fsp3) is 0.737. The summed E-state index contributed by atoms with van der Waals surface area (Å²) in [5.74, 6) is 0.772. The summed E-state index contributed by atoms with van der Waals surface area (Å²) in [6.07, 6.45) is 5.53. The van der Waals surface area contributed by atoms with Gasteiger partial charge in [-0.05, 0) is 52.7 Å². The van der Waals surface area contributed by atoms with Gasteiger partial charge < -0.3 is 26.0 Å². The predicted octanol–water partition coefficient (Wildman–Crippen LogP) is 1.67. The van der Waals surface area contributed by atoms with Gasteiger partial charge in [0.05, 0.1) is 5.82 Å². The summed E-state index contributed by atoms with van der Waals surface area (Å²) in [5, 5.41) is 0. The van der Waals surface area contributed by atoms with Crippen LogP contribution in [0.5, 0.6) is 0 Å². The quantitative estimate of drug-likeness (QED) is 0.740. The number of nitrogens with zero attached hydrogens (tertiary/aromatic N) is 3. The third-order valence-electron chi connectivity index (χ3n) is 4.83. The van der Waals surface area contributed by atoms with E-state index in [2.05, 4.69) is 9.80 Å². The Morgan fingerprint density at radius 1 is 0.962 bits per heavy atom. The monoisotopic (exact) mass is 365 g/mol. The number of hydrogen-bond donors (Lipinski definition) is 2. The van der Waals surface area contributed by atoms with E-state index in [1.165, 1.54) is 0 Å². The smallest absolute Gasteiger partial charge is 0.410 e. The van der Waals surface area contributed by atoms with E-state index in [4.69, 9.17) is 16.2 Å². The summed E-state index contributed by atoms with van der Waals surface area (Å²) in [7, 11) is 0. The van der Waals surface area contributed by atoms with E-state index in [9.17, 15) is 4.79 Å². The average Bonchev–Trinajstić information content (AvgIpc) is 2.58. The first-order valence-corrected chi connectivity index (χ1v) is 9.52. The van der Waals surface area contributed by atoms with E-state index < -0.39 is 5.60 Å². The number of rotatable bonds is 3. The minimum absolute atomic E-state index is 0.193. The first-order chi connectivity index (χ1) is 12.2. The molecule has 7 heteroatoms. The molecule has 0 aromatic rings. The second-order valence-corrected chi connectivity index (χ2v) is 8.22. The van der Waals surface area contributed by atoms with Crippen LogP contribution in [-0.2, 0) is 4.74 Å². The van der Waals surface area contributed by atoms with Crippen LogP contribution in [0.3, 0.4) is 0 Å². The molecule has 148 valence electrons. The molecule has 7 nitrogen and oxygen atoms in total. The summed E-state index contributed by atoms with van der Waals surface area (Å²) in [6, 6.07) is 0.534. The highest BCUT2D eigenvalue weighted by Gasteiger charge is 2.31. The minimum atomic E-state index is -0.435. The molecule has 2 saturated heterocycles. The zero-order chi connectivity index (χ0) is 19.3. The zero-order valence-corrected chi connectivity index (χ0v) is 16.7. The van der Waals surface area contributed by atoms with Crippen LogP contribution >= 0.6 is 0 Å². The first-order valence-electron chi connectivity index (χ1n) is 9.52. The molecule has 4 N–H and O–H groups in total. The number of likely N-dealkylation sites (tertiary alicyclic amines) is 1. The lowest BCUT2D eigenvalue weighted by molar-refractivity contribution is 0.0111. The molecule has 2 aliphatic heterocycles. The largest absolute Gasteiger partial charge is 0.444 e. The predicted molar refractivity (Wildman–Crippen MR) is 104 cm³/mol. The van der Waals surface area contributed by atoms with Crippen LogP contribution in [-0.4, -0.2) is 71.7 Å². The van der Waals surface area contributed by atoms with Crippen LogP contribution in [0.2, 0.25) is 0 Å². The van der Waals surface area contributed by atoms with Crippen molar-refractivity contribution in [3.05, 3.63) is 23.7 Å². The molecule has 0 aromatic carbocycles. The van der Waals surface area contributed by atoms with Crippen LogP contribution in [0.15, 0.2) is 23.7 Å². The van der Waals surface area contributed by atoms with E-state index in [0.717, 1.165) is 63.6 Å². The number of nitrogens with two attached hydrogens (primary N) is 2. The molecule has 0 unspecified atom stereocenters. The van der Waals surface area contributed by atoms with E-state index in [1.807, 2.05) is 44.7 Å². The van der Waals surface area contributed by atoms with Crippen molar-refractivity contribution in [1.29, 1.82) is 0 Å². The van der Waals surface area contributed by atoms with Crippen LogP contribution in [0, 0.1) is 0 Å². The van der Waals surface area contributed by atoms with Gasteiger partial charge in [-0.15, -0.1) is 0 Å². The average molecular weight is 366 g/mol. The number of piperazine rings is 1. The molecule has 0 bridgehead atoms. The molecule has 0 spiro atoms. The van der Waals surface area contributed by atoms with Crippen molar-refractivity contribution >= 4 is 6.09 Å².